The average molecular weight is 453 g/mol. The van der Waals surface area contributed by atoms with Crippen LogP contribution in [-0.4, -0.2) is 40.9 Å². The normalized spacial score (nSPS) is 10.5. The molecular formula is C21H33NaO7S. The van der Waals surface area contributed by atoms with Gasteiger partial charge in [-0.1, -0.05) is 70.8 Å². The summed E-state index contributed by atoms with van der Waals surface area (Å²) in [4.78, 5) is 21.2. The van der Waals surface area contributed by atoms with Crippen LogP contribution in [-0.2, 0) is 10.1 Å². The third-order valence-corrected chi connectivity index (χ3v) is 5.33. The zero-order valence-corrected chi connectivity index (χ0v) is 21.2. The van der Waals surface area contributed by atoms with Crippen molar-refractivity contribution >= 4 is 22.1 Å². The molecule has 1 rings (SSSR count). The monoisotopic (exact) mass is 452 g/mol. The van der Waals surface area contributed by atoms with Crippen LogP contribution >= 0.6 is 0 Å². The molecule has 166 valence electrons. The quantitative estimate of drug-likeness (QED) is 0.265. The second-order valence-corrected chi connectivity index (χ2v) is 8.56. The van der Waals surface area contributed by atoms with Gasteiger partial charge in [-0.3, -0.25) is 0 Å². The smallest absolute Gasteiger partial charge is 0.748 e. The molecule has 0 aliphatic rings. The van der Waals surface area contributed by atoms with Gasteiger partial charge in [-0.15, -0.1) is 0 Å². The molecule has 0 fully saturated rings. The maximum Gasteiger partial charge on any atom is 1.00 e. The van der Waals surface area contributed by atoms with Gasteiger partial charge >= 0.3 is 41.5 Å². The molecule has 0 saturated carbocycles. The largest absolute Gasteiger partial charge is 1.00 e. The van der Waals surface area contributed by atoms with Gasteiger partial charge in [0.15, 0.2) is 0 Å². The number of aromatic carboxylic acids is 2. The van der Waals surface area contributed by atoms with Gasteiger partial charge in [0.2, 0.25) is 0 Å². The molecule has 0 atom stereocenters. The van der Waals surface area contributed by atoms with E-state index in [0.717, 1.165) is 12.8 Å². The predicted molar refractivity (Wildman–Crippen MR) is 112 cm³/mol. The third kappa shape index (κ3) is 15.8. The topological polar surface area (TPSA) is 132 Å². The van der Waals surface area contributed by atoms with Crippen molar-refractivity contribution in [2.24, 2.45) is 0 Å². The molecule has 0 radical (unpaired) electrons. The van der Waals surface area contributed by atoms with E-state index in [4.69, 9.17) is 10.2 Å². The van der Waals surface area contributed by atoms with Gasteiger partial charge in [0.05, 0.1) is 21.2 Å². The molecule has 0 unspecified atom stereocenters. The van der Waals surface area contributed by atoms with E-state index >= 15 is 0 Å². The van der Waals surface area contributed by atoms with Gasteiger partial charge in [0, 0.05) is 5.75 Å². The van der Waals surface area contributed by atoms with Gasteiger partial charge in [-0.05, 0) is 31.0 Å². The second-order valence-electron chi connectivity index (χ2n) is 7.03. The van der Waals surface area contributed by atoms with Crippen molar-refractivity contribution in [3.8, 4) is 0 Å². The molecule has 2 N–H and O–H groups in total. The fourth-order valence-electron chi connectivity index (χ4n) is 2.87. The second kappa shape index (κ2) is 17.7. The summed E-state index contributed by atoms with van der Waals surface area (Å²) >= 11 is 0. The number of carbonyl (C=O) groups is 2. The number of hydrogen-bond donors (Lipinski definition) is 2. The van der Waals surface area contributed by atoms with Crippen molar-refractivity contribution in [1.29, 1.82) is 0 Å². The van der Waals surface area contributed by atoms with Crippen LogP contribution < -0.4 is 29.6 Å². The van der Waals surface area contributed by atoms with Crippen LogP contribution in [0, 0.1) is 6.92 Å². The number of carboxylic acid groups (broad SMARTS) is 2. The first kappa shape index (κ1) is 31.3. The average Bonchev–Trinajstić information content (AvgIpc) is 2.62. The number of carboxylic acids is 2. The summed E-state index contributed by atoms with van der Waals surface area (Å²) in [5, 5.41) is 17.4. The Balaban J connectivity index is 0. The van der Waals surface area contributed by atoms with Gasteiger partial charge < -0.3 is 14.8 Å². The molecule has 0 aliphatic carbocycles. The number of benzene rings is 1. The fourth-order valence-corrected chi connectivity index (χ4v) is 3.42. The summed E-state index contributed by atoms with van der Waals surface area (Å²) in [6.45, 7) is 3.69. The molecule has 0 aliphatic heterocycles. The van der Waals surface area contributed by atoms with Crippen LogP contribution in [0.5, 0.6) is 0 Å². The van der Waals surface area contributed by atoms with Crippen molar-refractivity contribution in [3.63, 3.8) is 0 Å². The van der Waals surface area contributed by atoms with Gasteiger partial charge in [-0.25, -0.2) is 18.0 Å². The summed E-state index contributed by atoms with van der Waals surface area (Å²) < 4.78 is 30.9. The maximum atomic E-state index is 10.6. The molecule has 0 amide bonds. The molecule has 0 heterocycles. The Labute approximate surface area is 202 Å². The first-order chi connectivity index (χ1) is 13.6. The molecular weight excluding hydrogens is 419 g/mol. The molecule has 9 heteroatoms. The van der Waals surface area contributed by atoms with E-state index in [0.29, 0.717) is 6.42 Å². The number of unbranched alkanes of at least 4 members (excludes halogenated alkanes) is 9. The SMILES string of the molecule is CCCCCCCCCCCCS(=O)(=O)[O-].Cc1c(C(=O)O)cccc1C(=O)O.[Na+]. The van der Waals surface area contributed by atoms with E-state index < -0.39 is 22.1 Å². The fraction of sp³-hybridized carbons (Fsp3) is 0.619. The van der Waals surface area contributed by atoms with Crippen LogP contribution in [0.4, 0.5) is 0 Å². The maximum absolute atomic E-state index is 10.6. The Morgan fingerprint density at radius 1 is 0.833 bits per heavy atom. The van der Waals surface area contributed by atoms with E-state index in [1.807, 2.05) is 0 Å². The molecule has 1 aromatic carbocycles. The molecule has 0 saturated heterocycles. The van der Waals surface area contributed by atoms with Crippen molar-refractivity contribution in [3.05, 3.63) is 34.9 Å². The van der Waals surface area contributed by atoms with Crippen LogP contribution in [0.15, 0.2) is 18.2 Å². The first-order valence-electron chi connectivity index (χ1n) is 10.1. The first-order valence-corrected chi connectivity index (χ1v) is 11.7. The molecule has 0 spiro atoms. The molecule has 1 aromatic rings. The van der Waals surface area contributed by atoms with Gasteiger partial charge in [-0.2, -0.15) is 0 Å². The van der Waals surface area contributed by atoms with Gasteiger partial charge in [0.25, 0.3) is 0 Å². The summed E-state index contributed by atoms with van der Waals surface area (Å²) in [5.74, 6) is -2.41. The zero-order chi connectivity index (χ0) is 22.3. The van der Waals surface area contributed by atoms with Crippen LogP contribution in [0.25, 0.3) is 0 Å². The van der Waals surface area contributed by atoms with E-state index in [1.165, 1.54) is 70.1 Å². The Morgan fingerprint density at radius 3 is 1.53 bits per heavy atom. The zero-order valence-electron chi connectivity index (χ0n) is 18.4. The summed E-state index contributed by atoms with van der Waals surface area (Å²) in [6.07, 6.45) is 11.4. The minimum Gasteiger partial charge on any atom is -0.748 e. The molecule has 7 nitrogen and oxygen atoms in total. The van der Waals surface area contributed by atoms with E-state index in [-0.39, 0.29) is 52.0 Å². The van der Waals surface area contributed by atoms with Crippen molar-refractivity contribution < 1.29 is 62.3 Å². The van der Waals surface area contributed by atoms with Crippen LogP contribution in [0.2, 0.25) is 0 Å². The Kier molecular flexibility index (Phi) is 18.5. The van der Waals surface area contributed by atoms with E-state index in [2.05, 4.69) is 6.92 Å². The summed E-state index contributed by atoms with van der Waals surface area (Å²) in [6, 6.07) is 4.17. The molecule has 30 heavy (non-hydrogen) atoms. The third-order valence-electron chi connectivity index (χ3n) is 4.54. The standard InChI is InChI=1S/C12H26O3S.C9H8O4.Na/c1-2-3-4-5-6-7-8-9-10-11-12-16(13,14)15;1-5-6(8(10)11)3-2-4-7(5)9(12)13;/h2-12H2,1H3,(H,13,14,15);2-4H,1H3,(H,10,11)(H,12,13);/q;;+1/p-1. The van der Waals surface area contributed by atoms with Gasteiger partial charge in [0.1, 0.15) is 0 Å². The van der Waals surface area contributed by atoms with E-state index in [1.54, 1.807) is 0 Å². The van der Waals surface area contributed by atoms with E-state index in [9.17, 15) is 22.6 Å². The number of hydrogen-bond acceptors (Lipinski definition) is 5. The number of rotatable bonds is 13. The minimum atomic E-state index is -3.98. The van der Waals surface area contributed by atoms with Crippen molar-refractivity contribution in [2.75, 3.05) is 5.75 Å². The molecule has 0 aromatic heterocycles. The molecule has 0 bridgehead atoms. The van der Waals surface area contributed by atoms with Crippen molar-refractivity contribution in [2.45, 2.75) is 78.1 Å². The summed E-state index contributed by atoms with van der Waals surface area (Å²) in [7, 11) is -3.98. The Morgan fingerprint density at radius 2 is 1.20 bits per heavy atom. The van der Waals surface area contributed by atoms with Crippen LogP contribution in [0.3, 0.4) is 0 Å². The Bertz CT molecular complexity index is 701. The van der Waals surface area contributed by atoms with Crippen LogP contribution in [0.1, 0.15) is 97.4 Å². The predicted octanol–water partition coefficient (Wildman–Crippen LogP) is 1.85. The Hall–Kier alpha value is -0.930. The summed E-state index contributed by atoms with van der Waals surface area (Å²) in [5.41, 5.74) is 0.335. The van der Waals surface area contributed by atoms with Crippen molar-refractivity contribution in [1.82, 2.24) is 0 Å². The minimum absolute atomic E-state index is 0.